The molecule has 3 heteroatoms. The fraction of sp³-hybridized carbons (Fsp3) is 0.250. The predicted octanol–water partition coefficient (Wildman–Crippen LogP) is 5.48. The average Bonchev–Trinajstić information content (AvgIpc) is 2.73. The lowest BCUT2D eigenvalue weighted by Crippen LogP contribution is -2.11. The molecule has 3 aromatic rings. The fourth-order valence-corrected chi connectivity index (χ4v) is 3.96. The van der Waals surface area contributed by atoms with E-state index in [-0.39, 0.29) is 0 Å². The van der Waals surface area contributed by atoms with Gasteiger partial charge in [0.15, 0.2) is 0 Å². The second-order valence-corrected chi connectivity index (χ2v) is 7.00. The molecule has 0 atom stereocenters. The summed E-state index contributed by atoms with van der Waals surface area (Å²) in [5.41, 5.74) is 8.14. The molecular weight excluding hydrogens is 332 g/mol. The SMILES string of the molecule is COc1ccc(-c2c(C#N)c(-c3ccccc3C)nc3c2CCCC3)cc1. The van der Waals surface area contributed by atoms with Crippen molar-refractivity contribution < 1.29 is 4.74 Å². The van der Waals surface area contributed by atoms with Crippen LogP contribution in [0.15, 0.2) is 48.5 Å². The summed E-state index contributed by atoms with van der Waals surface area (Å²) in [6, 6.07) is 18.7. The molecule has 0 saturated heterocycles. The third-order valence-corrected chi connectivity index (χ3v) is 5.36. The number of ether oxygens (including phenoxy) is 1. The Hall–Kier alpha value is -3.12. The van der Waals surface area contributed by atoms with Crippen molar-refractivity contribution in [2.75, 3.05) is 7.11 Å². The first-order valence-electron chi connectivity index (χ1n) is 9.39. The molecule has 1 heterocycles. The number of aryl methyl sites for hydroxylation is 2. The minimum absolute atomic E-state index is 0.676. The van der Waals surface area contributed by atoms with Gasteiger partial charge in [-0.3, -0.25) is 4.98 Å². The van der Waals surface area contributed by atoms with Crippen LogP contribution in [0.4, 0.5) is 0 Å². The van der Waals surface area contributed by atoms with Gasteiger partial charge in [0.1, 0.15) is 11.8 Å². The molecule has 134 valence electrons. The lowest BCUT2D eigenvalue weighted by molar-refractivity contribution is 0.415. The van der Waals surface area contributed by atoms with E-state index < -0.39 is 0 Å². The highest BCUT2D eigenvalue weighted by molar-refractivity contribution is 5.83. The van der Waals surface area contributed by atoms with Crippen molar-refractivity contribution in [2.24, 2.45) is 0 Å². The van der Waals surface area contributed by atoms with Crippen molar-refractivity contribution >= 4 is 0 Å². The summed E-state index contributed by atoms with van der Waals surface area (Å²) in [5.74, 6) is 0.819. The highest BCUT2D eigenvalue weighted by Crippen LogP contribution is 2.39. The van der Waals surface area contributed by atoms with Crippen LogP contribution in [0.25, 0.3) is 22.4 Å². The van der Waals surface area contributed by atoms with Crippen molar-refractivity contribution in [3.8, 4) is 34.2 Å². The molecule has 1 aliphatic carbocycles. The Kier molecular flexibility index (Phi) is 4.64. The van der Waals surface area contributed by atoms with Crippen LogP contribution >= 0.6 is 0 Å². The van der Waals surface area contributed by atoms with Gasteiger partial charge in [-0.05, 0) is 61.4 Å². The number of nitriles is 1. The van der Waals surface area contributed by atoms with E-state index in [9.17, 15) is 5.26 Å². The summed E-state index contributed by atoms with van der Waals surface area (Å²) in [4.78, 5) is 4.99. The number of methoxy groups -OCH3 is 1. The van der Waals surface area contributed by atoms with Crippen molar-refractivity contribution in [3.63, 3.8) is 0 Å². The molecule has 0 fully saturated rings. The molecule has 0 spiro atoms. The summed E-state index contributed by atoms with van der Waals surface area (Å²) < 4.78 is 5.31. The lowest BCUT2D eigenvalue weighted by atomic mass is 9.84. The maximum atomic E-state index is 10.1. The van der Waals surface area contributed by atoms with Gasteiger partial charge in [-0.2, -0.15) is 5.26 Å². The Labute approximate surface area is 160 Å². The lowest BCUT2D eigenvalue weighted by Gasteiger charge is -2.23. The highest BCUT2D eigenvalue weighted by atomic mass is 16.5. The van der Waals surface area contributed by atoms with Crippen LogP contribution in [-0.4, -0.2) is 12.1 Å². The Morgan fingerprint density at radius 1 is 1.00 bits per heavy atom. The van der Waals surface area contributed by atoms with Crippen LogP contribution in [-0.2, 0) is 12.8 Å². The van der Waals surface area contributed by atoms with E-state index >= 15 is 0 Å². The third kappa shape index (κ3) is 3.08. The largest absolute Gasteiger partial charge is 0.497 e. The maximum absolute atomic E-state index is 10.1. The van der Waals surface area contributed by atoms with E-state index in [0.29, 0.717) is 5.56 Å². The number of benzene rings is 2. The Morgan fingerprint density at radius 2 is 1.74 bits per heavy atom. The molecule has 0 aliphatic heterocycles. The van der Waals surface area contributed by atoms with E-state index in [1.54, 1.807) is 7.11 Å². The van der Waals surface area contributed by atoms with Gasteiger partial charge in [-0.15, -0.1) is 0 Å². The number of hydrogen-bond donors (Lipinski definition) is 0. The zero-order valence-electron chi connectivity index (χ0n) is 15.7. The molecule has 0 amide bonds. The smallest absolute Gasteiger partial charge is 0.118 e. The maximum Gasteiger partial charge on any atom is 0.118 e. The fourth-order valence-electron chi connectivity index (χ4n) is 3.96. The number of aromatic nitrogens is 1. The highest BCUT2D eigenvalue weighted by Gasteiger charge is 2.24. The molecule has 0 bridgehead atoms. The molecule has 1 aromatic heterocycles. The summed E-state index contributed by atoms with van der Waals surface area (Å²) in [6.07, 6.45) is 4.25. The molecular formula is C24H22N2O. The first-order chi connectivity index (χ1) is 13.2. The zero-order chi connectivity index (χ0) is 18.8. The molecule has 4 rings (SSSR count). The molecule has 27 heavy (non-hydrogen) atoms. The normalized spacial score (nSPS) is 12.9. The number of hydrogen-bond acceptors (Lipinski definition) is 3. The van der Waals surface area contributed by atoms with Gasteiger partial charge in [-0.25, -0.2) is 0 Å². The van der Waals surface area contributed by atoms with Crippen LogP contribution in [0, 0.1) is 18.3 Å². The topological polar surface area (TPSA) is 45.9 Å². The van der Waals surface area contributed by atoms with E-state index in [1.807, 2.05) is 36.4 Å². The monoisotopic (exact) mass is 354 g/mol. The van der Waals surface area contributed by atoms with Gasteiger partial charge in [-0.1, -0.05) is 36.4 Å². The van der Waals surface area contributed by atoms with Crippen LogP contribution in [0.1, 0.15) is 35.2 Å². The summed E-state index contributed by atoms with van der Waals surface area (Å²) in [6.45, 7) is 2.07. The third-order valence-electron chi connectivity index (χ3n) is 5.36. The number of nitrogens with zero attached hydrogens (tertiary/aromatic N) is 2. The van der Waals surface area contributed by atoms with Crippen LogP contribution in [0.3, 0.4) is 0 Å². The molecule has 1 aliphatic rings. The first kappa shape index (κ1) is 17.3. The Morgan fingerprint density at radius 3 is 2.44 bits per heavy atom. The van der Waals surface area contributed by atoms with Crippen molar-refractivity contribution in [2.45, 2.75) is 32.6 Å². The van der Waals surface area contributed by atoms with Gasteiger partial charge in [0.25, 0.3) is 0 Å². The quantitative estimate of drug-likeness (QED) is 0.625. The van der Waals surface area contributed by atoms with Crippen molar-refractivity contribution in [1.29, 1.82) is 5.26 Å². The summed E-state index contributed by atoms with van der Waals surface area (Å²) >= 11 is 0. The molecule has 0 N–H and O–H groups in total. The van der Waals surface area contributed by atoms with E-state index in [2.05, 4.69) is 25.1 Å². The summed E-state index contributed by atoms with van der Waals surface area (Å²) in [7, 11) is 1.67. The van der Waals surface area contributed by atoms with Gasteiger partial charge >= 0.3 is 0 Å². The van der Waals surface area contributed by atoms with E-state index in [0.717, 1.165) is 65.1 Å². The van der Waals surface area contributed by atoms with Crippen LogP contribution in [0.5, 0.6) is 5.75 Å². The van der Waals surface area contributed by atoms with Gasteiger partial charge in [0.05, 0.1) is 18.4 Å². The van der Waals surface area contributed by atoms with Crippen LogP contribution in [0.2, 0.25) is 0 Å². The minimum atomic E-state index is 0.676. The molecule has 3 nitrogen and oxygen atoms in total. The second-order valence-electron chi connectivity index (χ2n) is 7.00. The minimum Gasteiger partial charge on any atom is -0.497 e. The van der Waals surface area contributed by atoms with E-state index in [1.165, 1.54) is 5.56 Å². The predicted molar refractivity (Wildman–Crippen MR) is 108 cm³/mol. The van der Waals surface area contributed by atoms with Crippen LogP contribution < -0.4 is 4.74 Å². The number of pyridine rings is 1. The summed E-state index contributed by atoms with van der Waals surface area (Å²) in [5, 5.41) is 10.1. The van der Waals surface area contributed by atoms with Gasteiger partial charge in [0, 0.05) is 16.8 Å². The van der Waals surface area contributed by atoms with Gasteiger partial charge < -0.3 is 4.74 Å². The van der Waals surface area contributed by atoms with Gasteiger partial charge in [0.2, 0.25) is 0 Å². The number of rotatable bonds is 3. The number of fused-ring (bicyclic) bond motifs is 1. The van der Waals surface area contributed by atoms with E-state index in [4.69, 9.17) is 9.72 Å². The molecule has 0 saturated carbocycles. The van der Waals surface area contributed by atoms with Crippen molar-refractivity contribution in [3.05, 3.63) is 70.9 Å². The first-order valence-corrected chi connectivity index (χ1v) is 9.39. The molecule has 0 unspecified atom stereocenters. The second kappa shape index (κ2) is 7.25. The average molecular weight is 354 g/mol. The zero-order valence-corrected chi connectivity index (χ0v) is 15.7. The Bertz CT molecular complexity index is 1030. The molecule has 0 radical (unpaired) electrons. The molecule has 2 aromatic carbocycles. The standard InChI is InChI=1S/C24H22N2O/c1-16-7-3-4-8-19(16)24-21(15-25)23(17-11-13-18(27-2)14-12-17)20-9-5-6-10-22(20)26-24/h3-4,7-8,11-14H,5-6,9-10H2,1-2H3. The Balaban J connectivity index is 2.02. The van der Waals surface area contributed by atoms with Crippen molar-refractivity contribution in [1.82, 2.24) is 4.98 Å².